The Morgan fingerprint density at radius 1 is 0.917 bits per heavy atom. The fourth-order valence-corrected chi connectivity index (χ4v) is 4.73. The average Bonchev–Trinajstić information content (AvgIpc) is 3.24. The Morgan fingerprint density at radius 2 is 1.54 bits per heavy atom. The SMILES string of the molecule is O=C(C[C@H]1C[C@@H]2CC[C@@H]1C2)NC(c1ccccc1)c1ccccc1. The van der Waals surface area contributed by atoms with Crippen LogP contribution in [0.5, 0.6) is 0 Å². The van der Waals surface area contributed by atoms with Gasteiger partial charge in [-0.05, 0) is 48.1 Å². The third kappa shape index (κ3) is 3.24. The number of hydrogen-bond acceptors (Lipinski definition) is 1. The normalized spacial score (nSPS) is 25.1. The first kappa shape index (κ1) is 15.4. The van der Waals surface area contributed by atoms with Crippen LogP contribution in [0.3, 0.4) is 0 Å². The smallest absolute Gasteiger partial charge is 0.221 e. The predicted molar refractivity (Wildman–Crippen MR) is 96.4 cm³/mol. The Kier molecular flexibility index (Phi) is 4.38. The number of carbonyl (C=O) groups excluding carboxylic acids is 1. The molecule has 2 aliphatic rings. The molecule has 2 aliphatic carbocycles. The number of fused-ring (bicyclic) bond motifs is 2. The quantitative estimate of drug-likeness (QED) is 0.849. The summed E-state index contributed by atoms with van der Waals surface area (Å²) in [6.45, 7) is 0. The van der Waals surface area contributed by atoms with Crippen LogP contribution < -0.4 is 5.32 Å². The number of rotatable bonds is 5. The molecule has 2 saturated carbocycles. The molecule has 0 saturated heterocycles. The zero-order chi connectivity index (χ0) is 16.4. The van der Waals surface area contributed by atoms with Crippen LogP contribution in [0.15, 0.2) is 60.7 Å². The molecule has 0 aliphatic heterocycles. The monoisotopic (exact) mass is 319 g/mol. The van der Waals surface area contributed by atoms with Crippen LogP contribution >= 0.6 is 0 Å². The topological polar surface area (TPSA) is 29.1 Å². The Morgan fingerprint density at radius 3 is 2.04 bits per heavy atom. The lowest BCUT2D eigenvalue weighted by atomic mass is 9.86. The van der Waals surface area contributed by atoms with Crippen LogP contribution in [0.1, 0.15) is 49.3 Å². The molecule has 2 bridgehead atoms. The van der Waals surface area contributed by atoms with E-state index in [-0.39, 0.29) is 11.9 Å². The zero-order valence-electron chi connectivity index (χ0n) is 14.0. The maximum atomic E-state index is 12.7. The van der Waals surface area contributed by atoms with E-state index in [1.807, 2.05) is 36.4 Å². The second-order valence-electron chi connectivity index (χ2n) is 7.46. The minimum Gasteiger partial charge on any atom is -0.345 e. The molecule has 2 aromatic rings. The Labute approximate surface area is 144 Å². The number of amides is 1. The lowest BCUT2D eigenvalue weighted by molar-refractivity contribution is -0.122. The second kappa shape index (κ2) is 6.80. The minimum absolute atomic E-state index is 0.0570. The van der Waals surface area contributed by atoms with Gasteiger partial charge >= 0.3 is 0 Å². The molecule has 1 N–H and O–H groups in total. The van der Waals surface area contributed by atoms with Crippen molar-refractivity contribution in [3.8, 4) is 0 Å². The van der Waals surface area contributed by atoms with Crippen molar-refractivity contribution in [2.45, 2.75) is 38.1 Å². The Balaban J connectivity index is 1.48. The molecule has 3 atom stereocenters. The highest BCUT2D eigenvalue weighted by molar-refractivity contribution is 5.77. The van der Waals surface area contributed by atoms with E-state index in [1.54, 1.807) is 0 Å². The van der Waals surface area contributed by atoms with Gasteiger partial charge in [0.05, 0.1) is 6.04 Å². The second-order valence-corrected chi connectivity index (χ2v) is 7.46. The van der Waals surface area contributed by atoms with E-state index in [1.165, 1.54) is 25.7 Å². The van der Waals surface area contributed by atoms with Crippen molar-refractivity contribution in [1.82, 2.24) is 5.32 Å². The molecule has 2 nitrogen and oxygen atoms in total. The molecular weight excluding hydrogens is 294 g/mol. The fourth-order valence-electron chi connectivity index (χ4n) is 4.73. The van der Waals surface area contributed by atoms with Crippen LogP contribution in [0, 0.1) is 17.8 Å². The lowest BCUT2D eigenvalue weighted by Gasteiger charge is -2.24. The van der Waals surface area contributed by atoms with E-state index in [2.05, 4.69) is 29.6 Å². The number of carbonyl (C=O) groups is 1. The molecule has 24 heavy (non-hydrogen) atoms. The molecule has 0 spiro atoms. The molecule has 2 aromatic carbocycles. The van der Waals surface area contributed by atoms with Gasteiger partial charge < -0.3 is 5.32 Å². The summed E-state index contributed by atoms with van der Waals surface area (Å²) in [7, 11) is 0. The summed E-state index contributed by atoms with van der Waals surface area (Å²) >= 11 is 0. The van der Waals surface area contributed by atoms with E-state index in [4.69, 9.17) is 0 Å². The average molecular weight is 319 g/mol. The van der Waals surface area contributed by atoms with Crippen molar-refractivity contribution < 1.29 is 4.79 Å². The molecule has 4 rings (SSSR count). The number of benzene rings is 2. The van der Waals surface area contributed by atoms with Crippen molar-refractivity contribution >= 4 is 5.91 Å². The minimum atomic E-state index is -0.0570. The van der Waals surface area contributed by atoms with E-state index in [9.17, 15) is 4.79 Å². The summed E-state index contributed by atoms with van der Waals surface area (Å²) < 4.78 is 0. The van der Waals surface area contributed by atoms with Gasteiger partial charge in [-0.2, -0.15) is 0 Å². The molecule has 0 heterocycles. The first-order valence-corrected chi connectivity index (χ1v) is 9.19. The highest BCUT2D eigenvalue weighted by atomic mass is 16.1. The van der Waals surface area contributed by atoms with Gasteiger partial charge in [0.1, 0.15) is 0 Å². The van der Waals surface area contributed by atoms with Gasteiger partial charge in [0, 0.05) is 6.42 Å². The summed E-state index contributed by atoms with van der Waals surface area (Å²) in [5, 5.41) is 3.30. The zero-order valence-corrected chi connectivity index (χ0v) is 14.0. The van der Waals surface area contributed by atoms with Crippen molar-refractivity contribution in [1.29, 1.82) is 0 Å². The fraction of sp³-hybridized carbons (Fsp3) is 0.409. The van der Waals surface area contributed by atoms with Gasteiger partial charge in [-0.3, -0.25) is 4.79 Å². The highest BCUT2D eigenvalue weighted by Crippen LogP contribution is 2.49. The van der Waals surface area contributed by atoms with Crippen molar-refractivity contribution in [3.05, 3.63) is 71.8 Å². The molecule has 0 radical (unpaired) electrons. The van der Waals surface area contributed by atoms with Crippen LogP contribution in [0.2, 0.25) is 0 Å². The maximum Gasteiger partial charge on any atom is 0.221 e. The van der Waals surface area contributed by atoms with Gasteiger partial charge in [-0.15, -0.1) is 0 Å². The molecule has 124 valence electrons. The molecule has 0 unspecified atom stereocenters. The van der Waals surface area contributed by atoms with E-state index < -0.39 is 0 Å². The summed E-state index contributed by atoms with van der Waals surface area (Å²) in [5.41, 5.74) is 2.29. The van der Waals surface area contributed by atoms with Crippen LogP contribution in [-0.2, 0) is 4.79 Å². The standard InChI is InChI=1S/C22H25NO/c24-21(15-20-14-16-11-12-19(20)13-16)23-22(17-7-3-1-4-8-17)18-9-5-2-6-10-18/h1-10,16,19-20,22H,11-15H2,(H,23,24)/t16-,19-,20-/m1/s1. The Hall–Kier alpha value is -2.09. The largest absolute Gasteiger partial charge is 0.345 e. The summed E-state index contributed by atoms with van der Waals surface area (Å²) in [6, 6.07) is 20.5. The van der Waals surface area contributed by atoms with Crippen molar-refractivity contribution in [3.63, 3.8) is 0 Å². The predicted octanol–water partition coefficient (Wildman–Crippen LogP) is 4.72. The van der Waals surface area contributed by atoms with E-state index >= 15 is 0 Å². The van der Waals surface area contributed by atoms with Crippen LogP contribution in [0.25, 0.3) is 0 Å². The third-order valence-electron chi connectivity index (χ3n) is 5.90. The first-order chi connectivity index (χ1) is 11.8. The number of nitrogens with one attached hydrogen (secondary N) is 1. The number of hydrogen-bond donors (Lipinski definition) is 1. The van der Waals surface area contributed by atoms with Gasteiger partial charge in [0.15, 0.2) is 0 Å². The van der Waals surface area contributed by atoms with Crippen molar-refractivity contribution in [2.75, 3.05) is 0 Å². The van der Waals surface area contributed by atoms with E-state index in [0.29, 0.717) is 12.3 Å². The summed E-state index contributed by atoms with van der Waals surface area (Å²) in [6.07, 6.45) is 6.04. The van der Waals surface area contributed by atoms with Gasteiger partial charge in [0.2, 0.25) is 5.91 Å². The molecule has 0 aromatic heterocycles. The highest BCUT2D eigenvalue weighted by Gasteiger charge is 2.40. The maximum absolute atomic E-state index is 12.7. The van der Waals surface area contributed by atoms with Gasteiger partial charge in [0.25, 0.3) is 0 Å². The van der Waals surface area contributed by atoms with Crippen LogP contribution in [-0.4, -0.2) is 5.91 Å². The molecule has 1 amide bonds. The molecule has 2 heteroatoms. The first-order valence-electron chi connectivity index (χ1n) is 9.19. The lowest BCUT2D eigenvalue weighted by Crippen LogP contribution is -2.31. The third-order valence-corrected chi connectivity index (χ3v) is 5.90. The molecular formula is C22H25NO. The van der Waals surface area contributed by atoms with Crippen LogP contribution in [0.4, 0.5) is 0 Å². The van der Waals surface area contributed by atoms with Gasteiger partial charge in [-0.25, -0.2) is 0 Å². The summed E-state index contributed by atoms with van der Waals surface area (Å²) in [5.74, 6) is 2.50. The Bertz CT molecular complexity index is 642. The van der Waals surface area contributed by atoms with Crippen molar-refractivity contribution in [2.24, 2.45) is 17.8 Å². The summed E-state index contributed by atoms with van der Waals surface area (Å²) in [4.78, 5) is 12.7. The van der Waals surface area contributed by atoms with E-state index in [0.717, 1.165) is 23.0 Å². The van der Waals surface area contributed by atoms with Gasteiger partial charge in [-0.1, -0.05) is 67.1 Å². The molecule has 2 fully saturated rings.